The summed E-state index contributed by atoms with van der Waals surface area (Å²) in [6.45, 7) is 3.13. The molecule has 100 valence electrons. The lowest BCUT2D eigenvalue weighted by molar-refractivity contribution is 0.0726. The molecular formula is C14H17N3O2. The van der Waals surface area contributed by atoms with Gasteiger partial charge in [-0.05, 0) is 12.1 Å². The van der Waals surface area contributed by atoms with Crippen LogP contribution < -0.4 is 5.32 Å². The van der Waals surface area contributed by atoms with Gasteiger partial charge in [0.05, 0.1) is 5.52 Å². The molecule has 0 atom stereocenters. The highest BCUT2D eigenvalue weighted by Crippen LogP contribution is 2.27. The molecule has 2 N–H and O–H groups in total. The van der Waals surface area contributed by atoms with Crippen molar-refractivity contribution in [3.8, 4) is 5.75 Å². The average Bonchev–Trinajstić information content (AvgIpc) is 2.78. The number of aromatic hydroxyl groups is 1. The van der Waals surface area contributed by atoms with Crippen molar-refractivity contribution in [2.75, 3.05) is 26.2 Å². The van der Waals surface area contributed by atoms with E-state index in [-0.39, 0.29) is 11.7 Å². The second-order valence-corrected chi connectivity index (χ2v) is 4.85. The van der Waals surface area contributed by atoms with Gasteiger partial charge in [0.2, 0.25) is 0 Å². The number of benzene rings is 1. The molecule has 0 unspecified atom stereocenters. The molecule has 2 heterocycles. The lowest BCUT2D eigenvalue weighted by atomic mass is 10.2. The fourth-order valence-electron chi connectivity index (χ4n) is 2.63. The smallest absolute Gasteiger partial charge is 0.270 e. The summed E-state index contributed by atoms with van der Waals surface area (Å²) in [5.74, 6) is 0.235. The standard InChI is InChI=1S/C14H17N3O2/c1-16-11(14(19)17-7-5-15-6-8-17)9-10-3-2-4-12(18)13(10)16/h2-4,9,15,18H,5-8H2,1H3. The van der Waals surface area contributed by atoms with Crippen molar-refractivity contribution < 1.29 is 9.90 Å². The molecule has 0 spiro atoms. The van der Waals surface area contributed by atoms with Crippen molar-refractivity contribution >= 4 is 16.8 Å². The fraction of sp³-hybridized carbons (Fsp3) is 0.357. The van der Waals surface area contributed by atoms with E-state index in [1.165, 1.54) is 0 Å². The molecule has 1 amide bonds. The van der Waals surface area contributed by atoms with E-state index in [0.717, 1.165) is 31.6 Å². The number of amides is 1. The van der Waals surface area contributed by atoms with E-state index >= 15 is 0 Å². The van der Waals surface area contributed by atoms with Crippen molar-refractivity contribution in [3.63, 3.8) is 0 Å². The summed E-state index contributed by atoms with van der Waals surface area (Å²) in [5, 5.41) is 14.0. The number of carbonyl (C=O) groups is 1. The Kier molecular flexibility index (Phi) is 2.91. The summed E-state index contributed by atoms with van der Waals surface area (Å²) < 4.78 is 1.77. The number of hydrogen-bond acceptors (Lipinski definition) is 3. The summed E-state index contributed by atoms with van der Waals surface area (Å²) in [5.41, 5.74) is 1.33. The molecule has 0 saturated carbocycles. The van der Waals surface area contributed by atoms with Crippen LogP contribution in [0.15, 0.2) is 24.3 Å². The highest BCUT2D eigenvalue weighted by atomic mass is 16.3. The fourth-order valence-corrected chi connectivity index (χ4v) is 2.63. The molecular weight excluding hydrogens is 242 g/mol. The van der Waals surface area contributed by atoms with Crippen LogP contribution in [0.5, 0.6) is 5.75 Å². The van der Waals surface area contributed by atoms with Gasteiger partial charge in [-0.1, -0.05) is 12.1 Å². The molecule has 1 aromatic carbocycles. The van der Waals surface area contributed by atoms with E-state index < -0.39 is 0 Å². The number of nitrogens with one attached hydrogen (secondary N) is 1. The molecule has 19 heavy (non-hydrogen) atoms. The molecule has 0 radical (unpaired) electrons. The van der Waals surface area contributed by atoms with Crippen LogP contribution >= 0.6 is 0 Å². The van der Waals surface area contributed by atoms with Gasteiger partial charge in [0, 0.05) is 38.6 Å². The predicted molar refractivity (Wildman–Crippen MR) is 73.4 cm³/mol. The number of fused-ring (bicyclic) bond motifs is 1. The zero-order valence-corrected chi connectivity index (χ0v) is 10.9. The highest BCUT2D eigenvalue weighted by molar-refractivity contribution is 6.00. The number of aromatic nitrogens is 1. The molecule has 5 nitrogen and oxygen atoms in total. The molecule has 1 fully saturated rings. The Bertz CT molecular complexity index is 627. The van der Waals surface area contributed by atoms with Gasteiger partial charge in [-0.2, -0.15) is 0 Å². The second kappa shape index (κ2) is 4.59. The van der Waals surface area contributed by atoms with Crippen LogP contribution in [0.3, 0.4) is 0 Å². The highest BCUT2D eigenvalue weighted by Gasteiger charge is 2.22. The Morgan fingerprint density at radius 3 is 2.74 bits per heavy atom. The summed E-state index contributed by atoms with van der Waals surface area (Å²) in [4.78, 5) is 14.3. The van der Waals surface area contributed by atoms with Crippen LogP contribution in [0, 0.1) is 0 Å². The van der Waals surface area contributed by atoms with Gasteiger partial charge >= 0.3 is 0 Å². The number of phenolic OH excluding ortho intramolecular Hbond substituents is 1. The van der Waals surface area contributed by atoms with Gasteiger partial charge in [-0.3, -0.25) is 4.79 Å². The summed E-state index contributed by atoms with van der Waals surface area (Å²) in [7, 11) is 1.82. The van der Waals surface area contributed by atoms with Crippen molar-refractivity contribution in [1.29, 1.82) is 0 Å². The topological polar surface area (TPSA) is 57.5 Å². The van der Waals surface area contributed by atoms with Gasteiger partial charge in [-0.25, -0.2) is 0 Å². The minimum atomic E-state index is 0.0274. The first-order chi connectivity index (χ1) is 9.18. The molecule has 1 aliphatic heterocycles. The minimum Gasteiger partial charge on any atom is -0.506 e. The van der Waals surface area contributed by atoms with Crippen molar-refractivity contribution in [2.45, 2.75) is 0 Å². The lowest BCUT2D eigenvalue weighted by Gasteiger charge is -2.27. The van der Waals surface area contributed by atoms with Crippen LogP contribution in [0.2, 0.25) is 0 Å². The third kappa shape index (κ3) is 1.96. The number of nitrogens with zero attached hydrogens (tertiary/aromatic N) is 2. The Labute approximate surface area is 111 Å². The normalized spacial score (nSPS) is 15.9. The molecule has 5 heteroatoms. The summed E-state index contributed by atoms with van der Waals surface area (Å²) in [6.07, 6.45) is 0. The minimum absolute atomic E-state index is 0.0274. The van der Waals surface area contributed by atoms with Gasteiger partial charge in [0.25, 0.3) is 5.91 Å². The number of para-hydroxylation sites is 1. The first-order valence-electron chi connectivity index (χ1n) is 6.46. The third-order valence-electron chi connectivity index (χ3n) is 3.66. The van der Waals surface area contributed by atoms with E-state index in [2.05, 4.69) is 5.32 Å². The zero-order chi connectivity index (χ0) is 13.4. The Balaban J connectivity index is 2.03. The van der Waals surface area contributed by atoms with Gasteiger partial charge < -0.3 is 19.9 Å². The zero-order valence-electron chi connectivity index (χ0n) is 10.9. The van der Waals surface area contributed by atoms with Crippen molar-refractivity contribution in [1.82, 2.24) is 14.8 Å². The summed E-state index contributed by atoms with van der Waals surface area (Å²) >= 11 is 0. The Hall–Kier alpha value is -2.01. The Morgan fingerprint density at radius 1 is 1.32 bits per heavy atom. The van der Waals surface area contributed by atoms with E-state index in [4.69, 9.17) is 0 Å². The maximum absolute atomic E-state index is 12.5. The molecule has 1 aliphatic rings. The molecule has 0 aliphatic carbocycles. The van der Waals surface area contributed by atoms with E-state index in [1.807, 2.05) is 24.1 Å². The molecule has 1 saturated heterocycles. The first kappa shape index (κ1) is 12.0. The maximum atomic E-state index is 12.5. The quantitative estimate of drug-likeness (QED) is 0.801. The first-order valence-corrected chi connectivity index (χ1v) is 6.46. The van der Waals surface area contributed by atoms with Crippen molar-refractivity contribution in [2.24, 2.45) is 7.05 Å². The van der Waals surface area contributed by atoms with Gasteiger partial charge in [0.15, 0.2) is 0 Å². The monoisotopic (exact) mass is 259 g/mol. The molecule has 1 aromatic heterocycles. The number of phenols is 1. The van der Waals surface area contributed by atoms with E-state index in [9.17, 15) is 9.90 Å². The Morgan fingerprint density at radius 2 is 2.05 bits per heavy atom. The van der Waals surface area contributed by atoms with Crippen LogP contribution in [-0.2, 0) is 7.05 Å². The summed E-state index contributed by atoms with van der Waals surface area (Å²) in [6, 6.07) is 7.18. The van der Waals surface area contributed by atoms with Gasteiger partial charge in [0.1, 0.15) is 11.4 Å². The molecule has 3 rings (SSSR count). The van der Waals surface area contributed by atoms with E-state index in [0.29, 0.717) is 11.2 Å². The SMILES string of the molecule is Cn1c(C(=O)N2CCNCC2)cc2cccc(O)c21. The molecule has 0 bridgehead atoms. The second-order valence-electron chi connectivity index (χ2n) is 4.85. The van der Waals surface area contributed by atoms with Crippen LogP contribution in [0.4, 0.5) is 0 Å². The van der Waals surface area contributed by atoms with Crippen molar-refractivity contribution in [3.05, 3.63) is 30.0 Å². The largest absolute Gasteiger partial charge is 0.506 e. The molecule has 2 aromatic rings. The number of hydrogen-bond donors (Lipinski definition) is 2. The number of aryl methyl sites for hydroxylation is 1. The lowest BCUT2D eigenvalue weighted by Crippen LogP contribution is -2.46. The van der Waals surface area contributed by atoms with Crippen LogP contribution in [-0.4, -0.2) is 46.7 Å². The maximum Gasteiger partial charge on any atom is 0.270 e. The van der Waals surface area contributed by atoms with Crippen LogP contribution in [0.25, 0.3) is 10.9 Å². The average molecular weight is 259 g/mol. The van der Waals surface area contributed by atoms with E-state index in [1.54, 1.807) is 16.7 Å². The number of carbonyl (C=O) groups excluding carboxylic acids is 1. The number of piperazine rings is 1. The van der Waals surface area contributed by atoms with Gasteiger partial charge in [-0.15, -0.1) is 0 Å². The van der Waals surface area contributed by atoms with Crippen LogP contribution in [0.1, 0.15) is 10.5 Å². The third-order valence-corrected chi connectivity index (χ3v) is 3.66. The number of rotatable bonds is 1. The predicted octanol–water partition coefficient (Wildman–Crippen LogP) is 0.929.